The molecule has 0 aliphatic carbocycles. The standard InChI is InChI=1S/C19H15FN2O3S/c1-2-7-22-14-10-15-16(25-9-8-24-15)11-17(14)26-19(22)21-18(23)12-5-3-4-6-13(12)20/h2-6,10-11H,1,7-9H2. The molecule has 1 aromatic heterocycles. The van der Waals surface area contributed by atoms with Crippen molar-refractivity contribution in [1.82, 2.24) is 4.57 Å². The van der Waals surface area contributed by atoms with Crippen molar-refractivity contribution in [2.24, 2.45) is 4.99 Å². The first-order valence-electron chi connectivity index (χ1n) is 8.05. The van der Waals surface area contributed by atoms with Gasteiger partial charge in [0.2, 0.25) is 0 Å². The normalized spacial score (nSPS) is 13.8. The van der Waals surface area contributed by atoms with Crippen LogP contribution in [0.4, 0.5) is 4.39 Å². The summed E-state index contributed by atoms with van der Waals surface area (Å²) < 4.78 is 27.9. The van der Waals surface area contributed by atoms with Crippen LogP contribution in [0.1, 0.15) is 10.4 Å². The van der Waals surface area contributed by atoms with Crippen molar-refractivity contribution in [3.05, 3.63) is 65.2 Å². The largest absolute Gasteiger partial charge is 0.486 e. The third-order valence-electron chi connectivity index (χ3n) is 3.96. The second-order valence-electron chi connectivity index (χ2n) is 5.64. The number of benzene rings is 2. The third-order valence-corrected chi connectivity index (χ3v) is 5.00. The summed E-state index contributed by atoms with van der Waals surface area (Å²) in [6.07, 6.45) is 1.72. The Kier molecular flexibility index (Phi) is 4.30. The highest BCUT2D eigenvalue weighted by Gasteiger charge is 2.17. The maximum absolute atomic E-state index is 13.9. The van der Waals surface area contributed by atoms with Crippen LogP contribution in [-0.2, 0) is 6.54 Å². The number of halogens is 1. The summed E-state index contributed by atoms with van der Waals surface area (Å²) >= 11 is 1.34. The van der Waals surface area contributed by atoms with Crippen molar-refractivity contribution in [1.29, 1.82) is 0 Å². The lowest BCUT2D eigenvalue weighted by molar-refractivity contribution is 0.0994. The van der Waals surface area contributed by atoms with Gasteiger partial charge in [-0.25, -0.2) is 4.39 Å². The number of thiazole rings is 1. The summed E-state index contributed by atoms with van der Waals surface area (Å²) in [5, 5.41) is 0. The Morgan fingerprint density at radius 1 is 1.27 bits per heavy atom. The number of ether oxygens (including phenoxy) is 2. The van der Waals surface area contributed by atoms with Gasteiger partial charge >= 0.3 is 0 Å². The highest BCUT2D eigenvalue weighted by atomic mass is 32.1. The molecule has 0 radical (unpaired) electrons. The van der Waals surface area contributed by atoms with Gasteiger partial charge in [-0.05, 0) is 12.1 Å². The molecule has 0 spiro atoms. The van der Waals surface area contributed by atoms with Gasteiger partial charge in [0, 0.05) is 18.7 Å². The summed E-state index contributed by atoms with van der Waals surface area (Å²) in [7, 11) is 0. The van der Waals surface area contributed by atoms with Crippen molar-refractivity contribution in [2.75, 3.05) is 13.2 Å². The topological polar surface area (TPSA) is 52.8 Å². The average Bonchev–Trinajstić information content (AvgIpc) is 2.96. The lowest BCUT2D eigenvalue weighted by Crippen LogP contribution is -2.17. The van der Waals surface area contributed by atoms with Crippen molar-refractivity contribution >= 4 is 27.5 Å². The number of hydrogen-bond donors (Lipinski definition) is 0. The van der Waals surface area contributed by atoms with Crippen LogP contribution in [0.5, 0.6) is 11.5 Å². The van der Waals surface area contributed by atoms with Crippen LogP contribution in [0.2, 0.25) is 0 Å². The zero-order chi connectivity index (χ0) is 18.1. The highest BCUT2D eigenvalue weighted by Crippen LogP contribution is 2.35. The molecule has 0 N–H and O–H groups in total. The van der Waals surface area contributed by atoms with Gasteiger partial charge in [0.1, 0.15) is 19.0 Å². The average molecular weight is 370 g/mol. The monoisotopic (exact) mass is 370 g/mol. The zero-order valence-corrected chi connectivity index (χ0v) is 14.6. The molecule has 1 amide bonds. The van der Waals surface area contributed by atoms with Gasteiger partial charge in [-0.1, -0.05) is 29.5 Å². The molecule has 1 aliphatic rings. The Morgan fingerprint density at radius 2 is 2.00 bits per heavy atom. The van der Waals surface area contributed by atoms with E-state index in [9.17, 15) is 9.18 Å². The molecule has 0 fully saturated rings. The third kappa shape index (κ3) is 2.90. The second-order valence-corrected chi connectivity index (χ2v) is 6.65. The number of nitrogens with zero attached hydrogens (tertiary/aromatic N) is 2. The van der Waals surface area contributed by atoms with E-state index in [1.54, 1.807) is 12.1 Å². The number of hydrogen-bond acceptors (Lipinski definition) is 4. The highest BCUT2D eigenvalue weighted by molar-refractivity contribution is 7.16. The van der Waals surface area contributed by atoms with Gasteiger partial charge in [0.15, 0.2) is 16.3 Å². The summed E-state index contributed by atoms with van der Waals surface area (Å²) in [5.41, 5.74) is 0.806. The molecule has 26 heavy (non-hydrogen) atoms. The lowest BCUT2D eigenvalue weighted by atomic mass is 10.2. The van der Waals surface area contributed by atoms with Crippen LogP contribution in [0.25, 0.3) is 10.2 Å². The number of aromatic nitrogens is 1. The predicted octanol–water partition coefficient (Wildman–Crippen LogP) is 3.54. The van der Waals surface area contributed by atoms with E-state index >= 15 is 0 Å². The minimum atomic E-state index is -0.621. The molecule has 5 nitrogen and oxygen atoms in total. The number of allylic oxidation sites excluding steroid dienone is 1. The van der Waals surface area contributed by atoms with E-state index in [-0.39, 0.29) is 5.56 Å². The molecular formula is C19H15FN2O3S. The Morgan fingerprint density at radius 3 is 2.73 bits per heavy atom. The smallest absolute Gasteiger partial charge is 0.282 e. The van der Waals surface area contributed by atoms with Crippen LogP contribution in [-0.4, -0.2) is 23.7 Å². The fourth-order valence-electron chi connectivity index (χ4n) is 2.78. The van der Waals surface area contributed by atoms with Crippen LogP contribution < -0.4 is 14.3 Å². The van der Waals surface area contributed by atoms with Gasteiger partial charge < -0.3 is 14.0 Å². The zero-order valence-electron chi connectivity index (χ0n) is 13.8. The first-order valence-corrected chi connectivity index (χ1v) is 8.86. The molecule has 3 aromatic rings. The van der Waals surface area contributed by atoms with E-state index in [1.807, 2.05) is 16.7 Å². The van der Waals surface area contributed by atoms with Crippen molar-refractivity contribution in [3.63, 3.8) is 0 Å². The van der Waals surface area contributed by atoms with E-state index < -0.39 is 11.7 Å². The van der Waals surface area contributed by atoms with E-state index in [2.05, 4.69) is 11.6 Å². The number of fused-ring (bicyclic) bond motifs is 2. The quantitative estimate of drug-likeness (QED) is 0.663. The molecule has 0 saturated carbocycles. The van der Waals surface area contributed by atoms with Gasteiger partial charge in [-0.2, -0.15) is 4.99 Å². The number of carbonyl (C=O) groups excluding carboxylic acids is 1. The van der Waals surface area contributed by atoms with Crippen molar-refractivity contribution in [2.45, 2.75) is 6.54 Å². The first kappa shape index (κ1) is 16.5. The Bertz CT molecular complexity index is 1080. The Hall–Kier alpha value is -2.93. The Balaban J connectivity index is 1.88. The maximum atomic E-state index is 13.9. The second kappa shape index (κ2) is 6.76. The van der Waals surface area contributed by atoms with Gasteiger partial charge in [0.25, 0.3) is 5.91 Å². The summed E-state index contributed by atoms with van der Waals surface area (Å²) in [4.78, 5) is 17.0. The van der Waals surface area contributed by atoms with Crippen molar-refractivity contribution < 1.29 is 18.7 Å². The molecule has 7 heteroatoms. The number of carbonyl (C=O) groups is 1. The van der Waals surface area contributed by atoms with E-state index in [0.717, 1.165) is 10.2 Å². The molecule has 1 aliphatic heterocycles. The molecule has 4 rings (SSSR count). The molecule has 0 unspecified atom stereocenters. The summed E-state index contributed by atoms with van der Waals surface area (Å²) in [6.45, 7) is 5.22. The Labute approximate surface area is 152 Å². The number of rotatable bonds is 3. The molecule has 132 valence electrons. The number of amides is 1. The van der Waals surface area contributed by atoms with Crippen molar-refractivity contribution in [3.8, 4) is 11.5 Å². The first-order chi connectivity index (χ1) is 12.7. The van der Waals surface area contributed by atoms with E-state index in [4.69, 9.17) is 9.47 Å². The minimum absolute atomic E-state index is 0.0546. The fraction of sp³-hybridized carbons (Fsp3) is 0.158. The molecule has 0 saturated heterocycles. The molecule has 0 atom stereocenters. The SMILES string of the molecule is C=CCn1c(=NC(=O)c2ccccc2F)sc2cc3c(cc21)OCCO3. The summed E-state index contributed by atoms with van der Waals surface area (Å²) in [5.74, 6) is 0.119. The fourth-order valence-corrected chi connectivity index (χ4v) is 3.83. The molecule has 2 heterocycles. The van der Waals surface area contributed by atoms with Gasteiger partial charge in [0.05, 0.1) is 15.8 Å². The van der Waals surface area contributed by atoms with Crippen LogP contribution in [0.3, 0.4) is 0 Å². The van der Waals surface area contributed by atoms with E-state index in [0.29, 0.717) is 36.1 Å². The van der Waals surface area contributed by atoms with Crippen LogP contribution in [0, 0.1) is 5.82 Å². The molecular weight excluding hydrogens is 355 g/mol. The van der Waals surface area contributed by atoms with Gasteiger partial charge in [-0.3, -0.25) is 4.79 Å². The van der Waals surface area contributed by atoms with E-state index in [1.165, 1.54) is 29.5 Å². The van der Waals surface area contributed by atoms with Crippen LogP contribution in [0.15, 0.2) is 54.0 Å². The van der Waals surface area contributed by atoms with Gasteiger partial charge in [-0.15, -0.1) is 6.58 Å². The summed E-state index contributed by atoms with van der Waals surface area (Å²) in [6, 6.07) is 9.56. The lowest BCUT2D eigenvalue weighted by Gasteiger charge is -2.18. The molecule has 2 aromatic carbocycles. The van der Waals surface area contributed by atoms with Crippen LogP contribution >= 0.6 is 11.3 Å². The predicted molar refractivity (Wildman–Crippen MR) is 97.3 cm³/mol. The maximum Gasteiger partial charge on any atom is 0.282 e. The molecule has 0 bridgehead atoms. The minimum Gasteiger partial charge on any atom is -0.486 e.